The summed E-state index contributed by atoms with van der Waals surface area (Å²) in [5.41, 5.74) is 0. The molecule has 0 N–H and O–H groups in total. The second-order valence-electron chi connectivity index (χ2n) is 5.31. The van der Waals surface area contributed by atoms with Gasteiger partial charge in [-0.2, -0.15) is 0 Å². The smallest absolute Gasteiger partial charge is 0.0828 e. The Balaban J connectivity index is 2.90. The third kappa shape index (κ3) is 3.60. The van der Waals surface area contributed by atoms with E-state index < -0.39 is 8.07 Å². The van der Waals surface area contributed by atoms with E-state index in [0.717, 1.165) is 0 Å². The molecule has 124 valence electrons. The summed E-state index contributed by atoms with van der Waals surface area (Å²) in [4.78, 5) is 0. The molecule has 0 aliphatic rings. The van der Waals surface area contributed by atoms with Crippen molar-refractivity contribution in [1.82, 2.24) is 0 Å². The first kappa shape index (κ1) is 20.3. The van der Waals surface area contributed by atoms with Crippen molar-refractivity contribution in [3.8, 4) is 0 Å². The number of hydrogen-bond donors (Lipinski definition) is 0. The van der Waals surface area contributed by atoms with Gasteiger partial charge >= 0.3 is 0 Å². The quantitative estimate of drug-likeness (QED) is 0.300. The van der Waals surface area contributed by atoms with Gasteiger partial charge in [-0.05, 0) is 22.5 Å². The lowest BCUT2D eigenvalue weighted by Gasteiger charge is -2.29. The fourth-order valence-corrected chi connectivity index (χ4v) is 10.1. The van der Waals surface area contributed by atoms with Gasteiger partial charge in [0.25, 0.3) is 0 Å². The van der Waals surface area contributed by atoms with E-state index in [0.29, 0.717) is 50.6 Å². The highest BCUT2D eigenvalue weighted by Crippen LogP contribution is 2.37. The van der Waals surface area contributed by atoms with Gasteiger partial charge in [0.05, 0.1) is 40.2 Å². The molecule has 0 unspecified atom stereocenters. The van der Waals surface area contributed by atoms with Crippen molar-refractivity contribution in [2.45, 2.75) is 13.1 Å². The second kappa shape index (κ2) is 7.30. The molecule has 0 bridgehead atoms. The van der Waals surface area contributed by atoms with E-state index in [1.54, 1.807) is 0 Å². The van der Waals surface area contributed by atoms with Gasteiger partial charge in [-0.15, -0.1) is 0 Å². The largest absolute Gasteiger partial charge is 0.120 e. The molecule has 0 aliphatic carbocycles. The maximum atomic E-state index is 6.40. The highest BCUT2D eigenvalue weighted by molar-refractivity contribution is 7.04. The van der Waals surface area contributed by atoms with Crippen LogP contribution in [0.5, 0.6) is 0 Å². The van der Waals surface area contributed by atoms with Crippen LogP contribution in [0.25, 0.3) is 0 Å². The van der Waals surface area contributed by atoms with Crippen LogP contribution >= 0.6 is 92.8 Å². The molecule has 0 nitrogen and oxygen atoms in total. The summed E-state index contributed by atoms with van der Waals surface area (Å²) in [5, 5.41) is 3.74. The van der Waals surface area contributed by atoms with Crippen molar-refractivity contribution in [2.24, 2.45) is 0 Å². The molecule has 0 atom stereocenters. The van der Waals surface area contributed by atoms with Gasteiger partial charge in [0.1, 0.15) is 8.07 Å². The zero-order valence-corrected chi connectivity index (χ0v) is 18.7. The van der Waals surface area contributed by atoms with E-state index in [4.69, 9.17) is 92.8 Å². The minimum absolute atomic E-state index is 0.303. The maximum absolute atomic E-state index is 6.40. The van der Waals surface area contributed by atoms with Crippen LogP contribution in [0.2, 0.25) is 53.3 Å². The van der Waals surface area contributed by atoms with Crippen LogP contribution in [-0.2, 0) is 0 Å². The van der Waals surface area contributed by atoms with Crippen molar-refractivity contribution in [2.75, 3.05) is 0 Å². The first-order valence-electron chi connectivity index (χ1n) is 6.17. The van der Waals surface area contributed by atoms with E-state index >= 15 is 0 Å². The Morgan fingerprint density at radius 2 is 0.739 bits per heavy atom. The minimum atomic E-state index is -2.62. The van der Waals surface area contributed by atoms with Crippen molar-refractivity contribution in [1.29, 1.82) is 0 Å². The molecule has 0 saturated heterocycles. The summed E-state index contributed by atoms with van der Waals surface area (Å²) in [5.74, 6) is 0. The molecule has 23 heavy (non-hydrogen) atoms. The predicted molar refractivity (Wildman–Crippen MR) is 110 cm³/mol. The van der Waals surface area contributed by atoms with Crippen molar-refractivity contribution in [3.05, 3.63) is 52.3 Å². The average molecular weight is 488 g/mol. The maximum Gasteiger partial charge on any atom is 0.120 e. The highest BCUT2D eigenvalue weighted by Gasteiger charge is 2.37. The third-order valence-corrected chi connectivity index (χ3v) is 10.8. The Hall–Kier alpha value is 0.977. The van der Waals surface area contributed by atoms with E-state index in [1.807, 2.05) is 13.1 Å². The zero-order chi connectivity index (χ0) is 17.7. The molecule has 0 fully saturated rings. The topological polar surface area (TPSA) is 0 Å². The van der Waals surface area contributed by atoms with E-state index in [2.05, 4.69) is 0 Å². The molecular weight excluding hydrogens is 480 g/mol. The minimum Gasteiger partial charge on any atom is -0.0828 e. The number of hydrogen-bond acceptors (Lipinski definition) is 0. The van der Waals surface area contributed by atoms with Crippen molar-refractivity contribution < 1.29 is 0 Å². The van der Waals surface area contributed by atoms with Gasteiger partial charge in [0, 0.05) is 0 Å². The summed E-state index contributed by atoms with van der Waals surface area (Å²) < 4.78 is 0. The summed E-state index contributed by atoms with van der Waals surface area (Å²) in [6.07, 6.45) is 0. The van der Waals surface area contributed by atoms with Crippen LogP contribution < -0.4 is 10.4 Å². The standard InChI is InChI=1S/C14H8Cl8Si/c1-23(2,13-9(19)5(15)3-6(16)10(13)20)14-11(21)7(17)4-8(18)12(14)22/h3-4H,1-2H3. The molecule has 2 rings (SSSR count). The molecule has 2 aromatic carbocycles. The van der Waals surface area contributed by atoms with Crippen LogP contribution in [0.4, 0.5) is 0 Å². The number of rotatable bonds is 2. The molecule has 0 spiro atoms. The van der Waals surface area contributed by atoms with Gasteiger partial charge in [-0.25, -0.2) is 0 Å². The second-order valence-corrected chi connectivity index (χ2v) is 12.7. The Bertz CT molecular complexity index is 682. The lowest BCUT2D eigenvalue weighted by atomic mass is 10.3. The predicted octanol–water partition coefficient (Wildman–Crippen LogP) is 7.74. The molecule has 2 aromatic rings. The van der Waals surface area contributed by atoms with Gasteiger partial charge < -0.3 is 0 Å². The van der Waals surface area contributed by atoms with E-state index in [1.165, 1.54) is 12.1 Å². The molecule has 0 aliphatic heterocycles. The number of halogens is 8. The Morgan fingerprint density at radius 1 is 0.522 bits per heavy atom. The van der Waals surface area contributed by atoms with Crippen LogP contribution in [0.1, 0.15) is 0 Å². The molecule has 0 radical (unpaired) electrons. The van der Waals surface area contributed by atoms with Crippen molar-refractivity contribution >= 4 is 111 Å². The SMILES string of the molecule is C[Si](C)(c1c(Cl)c(Cl)cc(Cl)c1Cl)c1c(Cl)c(Cl)cc(Cl)c1Cl. The van der Waals surface area contributed by atoms with Crippen molar-refractivity contribution in [3.63, 3.8) is 0 Å². The fourth-order valence-electron chi connectivity index (χ4n) is 2.37. The lowest BCUT2D eigenvalue weighted by molar-refractivity contribution is 1.66. The molecule has 0 amide bonds. The van der Waals surface area contributed by atoms with Crippen LogP contribution in [0, 0.1) is 0 Å². The van der Waals surface area contributed by atoms with Gasteiger partial charge in [-0.3, -0.25) is 0 Å². The number of benzene rings is 2. The fraction of sp³-hybridized carbons (Fsp3) is 0.143. The van der Waals surface area contributed by atoms with E-state index in [-0.39, 0.29) is 0 Å². The van der Waals surface area contributed by atoms with E-state index in [9.17, 15) is 0 Å². The zero-order valence-electron chi connectivity index (χ0n) is 11.7. The highest BCUT2D eigenvalue weighted by atomic mass is 35.5. The summed E-state index contributed by atoms with van der Waals surface area (Å²) in [7, 11) is -2.62. The monoisotopic (exact) mass is 484 g/mol. The first-order chi connectivity index (χ1) is 10.5. The summed E-state index contributed by atoms with van der Waals surface area (Å²) in [6, 6.07) is 2.99. The normalized spacial score (nSPS) is 11.9. The van der Waals surface area contributed by atoms with Gasteiger partial charge in [0.15, 0.2) is 0 Å². The Kier molecular flexibility index (Phi) is 6.44. The van der Waals surface area contributed by atoms with Gasteiger partial charge in [0.2, 0.25) is 0 Å². The molecule has 0 saturated carbocycles. The Morgan fingerprint density at radius 3 is 0.957 bits per heavy atom. The third-order valence-electron chi connectivity index (χ3n) is 3.47. The molecular formula is C14H8Cl8Si. The molecule has 9 heteroatoms. The van der Waals surface area contributed by atoms with Gasteiger partial charge in [-0.1, -0.05) is 106 Å². The summed E-state index contributed by atoms with van der Waals surface area (Å²) >= 11 is 50.2. The Labute approximate surface area is 175 Å². The average Bonchev–Trinajstić information content (AvgIpc) is 2.43. The molecule has 0 aromatic heterocycles. The van der Waals surface area contributed by atoms with Crippen LogP contribution in [0.3, 0.4) is 0 Å². The van der Waals surface area contributed by atoms with Crippen LogP contribution in [0.15, 0.2) is 12.1 Å². The van der Waals surface area contributed by atoms with Crippen LogP contribution in [-0.4, -0.2) is 8.07 Å². The lowest BCUT2D eigenvalue weighted by Crippen LogP contribution is -2.55. The summed E-state index contributed by atoms with van der Waals surface area (Å²) in [6.45, 7) is 3.93. The first-order valence-corrected chi connectivity index (χ1v) is 12.2. The molecule has 0 heterocycles.